The summed E-state index contributed by atoms with van der Waals surface area (Å²) in [4.78, 5) is 12.2. The number of carbonyl (C=O) groups excluding carboxylic acids is 1. The normalized spacial score (nSPS) is 10.8. The van der Waals surface area contributed by atoms with Crippen LogP contribution < -0.4 is 9.47 Å². The van der Waals surface area contributed by atoms with E-state index in [9.17, 15) is 13.6 Å². The molecule has 6 nitrogen and oxygen atoms in total. The Balaban J connectivity index is 1.61. The minimum absolute atomic E-state index is 0.0340. The van der Waals surface area contributed by atoms with Crippen molar-refractivity contribution in [1.29, 1.82) is 0 Å². The molecule has 3 rings (SSSR count). The van der Waals surface area contributed by atoms with Crippen LogP contribution in [0.3, 0.4) is 0 Å². The van der Waals surface area contributed by atoms with E-state index in [1.165, 1.54) is 31.4 Å². The summed E-state index contributed by atoms with van der Waals surface area (Å²) in [6.07, 6.45) is 0. The Kier molecular flexibility index (Phi) is 6.02. The Morgan fingerprint density at radius 2 is 1.93 bits per heavy atom. The van der Waals surface area contributed by atoms with Gasteiger partial charge in [0.05, 0.1) is 12.9 Å². The molecule has 0 radical (unpaired) electrons. The van der Waals surface area contributed by atoms with Crippen LogP contribution in [0, 0.1) is 0 Å². The largest absolute Gasteiger partial charge is 0.497 e. The summed E-state index contributed by atoms with van der Waals surface area (Å²) >= 11 is 1.11. The zero-order valence-electron chi connectivity index (χ0n) is 14.1. The number of rotatable bonds is 8. The summed E-state index contributed by atoms with van der Waals surface area (Å²) in [5.41, 5.74) is 1.08. The van der Waals surface area contributed by atoms with E-state index in [1.807, 2.05) is 0 Å². The number of methoxy groups -OCH3 is 1. The molecule has 2 aromatic carbocycles. The molecule has 27 heavy (non-hydrogen) atoms. The molecule has 0 atom stereocenters. The van der Waals surface area contributed by atoms with Crippen LogP contribution in [0.2, 0.25) is 0 Å². The second-order valence-corrected chi connectivity index (χ2v) is 6.15. The van der Waals surface area contributed by atoms with Crippen LogP contribution in [0.5, 0.6) is 11.5 Å². The highest BCUT2D eigenvalue weighted by Gasteiger charge is 2.13. The van der Waals surface area contributed by atoms with Gasteiger partial charge in [-0.25, -0.2) is 0 Å². The first kappa shape index (κ1) is 18.8. The van der Waals surface area contributed by atoms with Crippen LogP contribution in [0.15, 0.2) is 58.2 Å². The highest BCUT2D eigenvalue weighted by molar-refractivity contribution is 7.99. The van der Waals surface area contributed by atoms with Gasteiger partial charge in [-0.3, -0.25) is 4.79 Å². The molecule has 0 saturated carbocycles. The molecule has 0 aliphatic heterocycles. The lowest BCUT2D eigenvalue weighted by atomic mass is 10.1. The van der Waals surface area contributed by atoms with E-state index in [4.69, 9.17) is 9.15 Å². The number of nitrogens with zero attached hydrogens (tertiary/aromatic N) is 2. The zero-order valence-corrected chi connectivity index (χ0v) is 14.9. The van der Waals surface area contributed by atoms with E-state index in [-0.39, 0.29) is 28.4 Å². The fraction of sp³-hybridized carbons (Fsp3) is 0.167. The highest BCUT2D eigenvalue weighted by Crippen LogP contribution is 2.26. The number of alkyl halides is 2. The van der Waals surface area contributed by atoms with Gasteiger partial charge in [0.15, 0.2) is 5.78 Å². The third-order valence-electron chi connectivity index (χ3n) is 3.45. The van der Waals surface area contributed by atoms with E-state index in [1.54, 1.807) is 24.3 Å². The average Bonchev–Trinajstić information content (AvgIpc) is 3.15. The lowest BCUT2D eigenvalue weighted by Crippen LogP contribution is -2.02. The number of halogens is 2. The molecular weight excluding hydrogens is 378 g/mol. The van der Waals surface area contributed by atoms with Crippen molar-refractivity contribution >= 4 is 17.5 Å². The summed E-state index contributed by atoms with van der Waals surface area (Å²) in [6, 6.07) is 12.7. The van der Waals surface area contributed by atoms with E-state index in [2.05, 4.69) is 14.9 Å². The first-order chi connectivity index (χ1) is 13.0. The molecule has 0 saturated heterocycles. The lowest BCUT2D eigenvalue weighted by Gasteiger charge is -2.03. The van der Waals surface area contributed by atoms with Crippen LogP contribution in [-0.2, 0) is 0 Å². The van der Waals surface area contributed by atoms with Gasteiger partial charge in [-0.2, -0.15) is 8.78 Å². The topological polar surface area (TPSA) is 74.5 Å². The van der Waals surface area contributed by atoms with Crippen LogP contribution in [0.25, 0.3) is 11.5 Å². The number of hydrogen-bond acceptors (Lipinski definition) is 7. The number of carbonyl (C=O) groups is 1. The summed E-state index contributed by atoms with van der Waals surface area (Å²) in [6.45, 7) is -2.88. The van der Waals surface area contributed by atoms with Gasteiger partial charge in [0, 0.05) is 11.1 Å². The first-order valence-corrected chi connectivity index (χ1v) is 8.72. The van der Waals surface area contributed by atoms with Gasteiger partial charge in [-0.15, -0.1) is 10.2 Å². The van der Waals surface area contributed by atoms with Crippen molar-refractivity contribution in [3.8, 4) is 23.0 Å². The Morgan fingerprint density at radius 3 is 2.63 bits per heavy atom. The molecule has 0 N–H and O–H groups in total. The Labute approximate surface area is 157 Å². The number of ether oxygens (including phenoxy) is 2. The van der Waals surface area contributed by atoms with Gasteiger partial charge >= 0.3 is 6.61 Å². The number of hydrogen-bond donors (Lipinski definition) is 0. The fourth-order valence-electron chi connectivity index (χ4n) is 2.17. The summed E-state index contributed by atoms with van der Waals surface area (Å²) in [5, 5.41) is 8.01. The third-order valence-corrected chi connectivity index (χ3v) is 4.27. The zero-order chi connectivity index (χ0) is 19.2. The van der Waals surface area contributed by atoms with Crippen molar-refractivity contribution in [2.45, 2.75) is 11.8 Å². The Bertz CT molecular complexity index is 916. The second kappa shape index (κ2) is 8.63. The van der Waals surface area contributed by atoms with Gasteiger partial charge in [0.25, 0.3) is 5.22 Å². The fourth-order valence-corrected chi connectivity index (χ4v) is 2.83. The monoisotopic (exact) mass is 392 g/mol. The number of aromatic nitrogens is 2. The molecule has 0 aliphatic rings. The summed E-state index contributed by atoms with van der Waals surface area (Å²) in [7, 11) is 1.53. The quantitative estimate of drug-likeness (QED) is 0.417. The summed E-state index contributed by atoms with van der Waals surface area (Å²) in [5.74, 6) is 0.870. The van der Waals surface area contributed by atoms with Crippen LogP contribution in [-0.4, -0.2) is 35.5 Å². The van der Waals surface area contributed by atoms with E-state index in [0.717, 1.165) is 11.8 Å². The SMILES string of the molecule is COc1cccc(C(=O)CSc2nnc(-c3ccc(OC(F)F)cc3)o2)c1. The van der Waals surface area contributed by atoms with Crippen molar-refractivity contribution in [2.75, 3.05) is 12.9 Å². The first-order valence-electron chi connectivity index (χ1n) is 7.74. The maximum Gasteiger partial charge on any atom is 0.387 e. The molecular formula is C18H14F2N2O4S. The van der Waals surface area contributed by atoms with Gasteiger partial charge < -0.3 is 13.9 Å². The molecule has 140 valence electrons. The van der Waals surface area contributed by atoms with Crippen LogP contribution in [0.4, 0.5) is 8.78 Å². The van der Waals surface area contributed by atoms with Crippen molar-refractivity contribution < 1.29 is 27.5 Å². The molecule has 1 heterocycles. The molecule has 0 unspecified atom stereocenters. The van der Waals surface area contributed by atoms with Gasteiger partial charge in [-0.05, 0) is 36.4 Å². The predicted molar refractivity (Wildman–Crippen MR) is 94.4 cm³/mol. The lowest BCUT2D eigenvalue weighted by molar-refractivity contribution is -0.0498. The van der Waals surface area contributed by atoms with Gasteiger partial charge in [0.2, 0.25) is 5.89 Å². The van der Waals surface area contributed by atoms with E-state index >= 15 is 0 Å². The standard InChI is InChI=1S/C18H14F2N2O4S/c1-24-14-4-2-3-12(9-14)15(23)10-27-18-22-21-16(26-18)11-5-7-13(8-6-11)25-17(19)20/h2-9,17H,10H2,1H3. The number of benzene rings is 2. The number of ketones is 1. The smallest absolute Gasteiger partial charge is 0.387 e. The van der Waals surface area contributed by atoms with Crippen LogP contribution in [0.1, 0.15) is 10.4 Å². The molecule has 1 aromatic heterocycles. The molecule has 9 heteroatoms. The molecule has 0 aliphatic carbocycles. The van der Waals surface area contributed by atoms with Gasteiger partial charge in [-0.1, -0.05) is 23.9 Å². The molecule has 0 bridgehead atoms. The van der Waals surface area contributed by atoms with Crippen molar-refractivity contribution in [1.82, 2.24) is 10.2 Å². The van der Waals surface area contributed by atoms with E-state index < -0.39 is 6.61 Å². The number of thioether (sulfide) groups is 1. The maximum absolute atomic E-state index is 12.2. The minimum atomic E-state index is -2.88. The Hall–Kier alpha value is -2.94. The Morgan fingerprint density at radius 1 is 1.15 bits per heavy atom. The average molecular weight is 392 g/mol. The van der Waals surface area contributed by atoms with Crippen molar-refractivity contribution in [3.05, 3.63) is 54.1 Å². The van der Waals surface area contributed by atoms with Gasteiger partial charge in [0.1, 0.15) is 11.5 Å². The second-order valence-electron chi connectivity index (χ2n) is 5.22. The molecule has 0 amide bonds. The molecule has 3 aromatic rings. The van der Waals surface area contributed by atoms with Crippen LogP contribution >= 0.6 is 11.8 Å². The predicted octanol–water partition coefficient (Wildman–Crippen LogP) is 4.32. The highest BCUT2D eigenvalue weighted by atomic mass is 32.2. The number of Topliss-reactive ketones (excluding diaryl/α,β-unsaturated/α-hetero) is 1. The maximum atomic E-state index is 12.2. The third kappa shape index (κ3) is 5.04. The minimum Gasteiger partial charge on any atom is -0.497 e. The molecule has 0 spiro atoms. The molecule has 0 fully saturated rings. The van der Waals surface area contributed by atoms with Crippen molar-refractivity contribution in [3.63, 3.8) is 0 Å². The summed E-state index contributed by atoms with van der Waals surface area (Å²) < 4.78 is 39.2. The van der Waals surface area contributed by atoms with E-state index in [0.29, 0.717) is 16.9 Å². The van der Waals surface area contributed by atoms with Crippen molar-refractivity contribution in [2.24, 2.45) is 0 Å².